The topological polar surface area (TPSA) is 41.6 Å². The van der Waals surface area contributed by atoms with Crippen molar-refractivity contribution in [2.24, 2.45) is 0 Å². The summed E-state index contributed by atoms with van der Waals surface area (Å²) >= 11 is 6.03. The molecular weight excluding hydrogens is 264 g/mol. The highest BCUT2D eigenvalue weighted by Crippen LogP contribution is 2.16. The van der Waals surface area contributed by atoms with Crippen LogP contribution in [0.3, 0.4) is 0 Å². The number of ether oxygens (including phenoxy) is 1. The fraction of sp³-hybridized carbons (Fsp3) is 0.500. The number of rotatable bonds is 4. The van der Waals surface area contributed by atoms with Crippen LogP contribution in [0.2, 0.25) is 5.02 Å². The zero-order valence-corrected chi connectivity index (χ0v) is 11.9. The summed E-state index contributed by atoms with van der Waals surface area (Å²) in [5, 5.41) is 3.40. The molecule has 0 aromatic heterocycles. The van der Waals surface area contributed by atoms with Gasteiger partial charge in [-0.3, -0.25) is 9.69 Å². The van der Waals surface area contributed by atoms with E-state index in [1.807, 2.05) is 19.1 Å². The smallest absolute Gasteiger partial charge is 0.252 e. The number of nitrogens with one attached hydrogen (secondary N) is 1. The van der Waals surface area contributed by atoms with Gasteiger partial charge in [-0.1, -0.05) is 23.2 Å². The van der Waals surface area contributed by atoms with Crippen molar-refractivity contribution in [3.05, 3.63) is 34.3 Å². The molecule has 1 heterocycles. The van der Waals surface area contributed by atoms with E-state index in [-0.39, 0.29) is 5.91 Å². The molecule has 0 bridgehead atoms. The summed E-state index contributed by atoms with van der Waals surface area (Å²) in [6.07, 6.45) is 0. The number of hydrogen-bond acceptors (Lipinski definition) is 3. The number of morpholine rings is 1. The second-order valence-electron chi connectivity index (χ2n) is 4.69. The summed E-state index contributed by atoms with van der Waals surface area (Å²) in [6, 6.07) is 5.47. The van der Waals surface area contributed by atoms with E-state index in [0.29, 0.717) is 17.1 Å². The van der Waals surface area contributed by atoms with E-state index in [4.69, 9.17) is 16.3 Å². The third-order valence-electron chi connectivity index (χ3n) is 3.18. The predicted molar refractivity (Wildman–Crippen MR) is 75.8 cm³/mol. The molecule has 1 amide bonds. The first-order valence-electron chi connectivity index (χ1n) is 6.51. The lowest BCUT2D eigenvalue weighted by Crippen LogP contribution is -2.41. The highest BCUT2D eigenvalue weighted by molar-refractivity contribution is 6.33. The Morgan fingerprint density at radius 3 is 2.89 bits per heavy atom. The van der Waals surface area contributed by atoms with Gasteiger partial charge in [-0.25, -0.2) is 0 Å². The molecule has 0 saturated carbocycles. The molecule has 1 aromatic rings. The van der Waals surface area contributed by atoms with E-state index in [1.165, 1.54) is 0 Å². The van der Waals surface area contributed by atoms with Crippen LogP contribution in [-0.2, 0) is 4.74 Å². The molecule has 0 atom stereocenters. The SMILES string of the molecule is Cc1ccc(Cl)c(C(=O)NCCN2CCOCC2)c1. The lowest BCUT2D eigenvalue weighted by atomic mass is 10.1. The highest BCUT2D eigenvalue weighted by Gasteiger charge is 2.12. The quantitative estimate of drug-likeness (QED) is 0.914. The molecule has 1 N–H and O–H groups in total. The van der Waals surface area contributed by atoms with Crippen molar-refractivity contribution in [2.45, 2.75) is 6.92 Å². The van der Waals surface area contributed by atoms with E-state index in [1.54, 1.807) is 6.07 Å². The molecule has 2 rings (SSSR count). The zero-order valence-electron chi connectivity index (χ0n) is 11.1. The largest absolute Gasteiger partial charge is 0.379 e. The number of halogens is 1. The Hall–Kier alpha value is -1.10. The molecule has 5 heteroatoms. The minimum absolute atomic E-state index is 0.109. The molecule has 1 fully saturated rings. The standard InChI is InChI=1S/C14H19ClN2O2/c1-11-2-3-13(15)12(10-11)14(18)16-4-5-17-6-8-19-9-7-17/h2-3,10H,4-9H2,1H3,(H,16,18). The molecule has 1 aromatic carbocycles. The van der Waals surface area contributed by atoms with E-state index < -0.39 is 0 Å². The molecule has 1 aliphatic heterocycles. The Kier molecular flexibility index (Phi) is 5.19. The third kappa shape index (κ3) is 4.20. The van der Waals surface area contributed by atoms with Gasteiger partial charge in [-0.2, -0.15) is 0 Å². The highest BCUT2D eigenvalue weighted by atomic mass is 35.5. The fourth-order valence-electron chi connectivity index (χ4n) is 2.06. The van der Waals surface area contributed by atoms with E-state index in [2.05, 4.69) is 10.2 Å². The maximum atomic E-state index is 12.0. The number of carbonyl (C=O) groups is 1. The molecule has 0 unspecified atom stereocenters. The lowest BCUT2D eigenvalue weighted by Gasteiger charge is -2.26. The monoisotopic (exact) mass is 282 g/mol. The number of amides is 1. The Morgan fingerprint density at radius 2 is 2.16 bits per heavy atom. The summed E-state index contributed by atoms with van der Waals surface area (Å²) in [5.41, 5.74) is 1.58. The number of carbonyl (C=O) groups excluding carboxylic acids is 1. The van der Waals surface area contributed by atoms with Gasteiger partial charge in [0.25, 0.3) is 5.91 Å². The van der Waals surface area contributed by atoms with Crippen molar-refractivity contribution in [3.8, 4) is 0 Å². The molecule has 4 nitrogen and oxygen atoms in total. The van der Waals surface area contributed by atoms with Crippen LogP contribution in [0.25, 0.3) is 0 Å². The Labute approximate surface area is 118 Å². The van der Waals surface area contributed by atoms with Gasteiger partial charge in [-0.05, 0) is 19.1 Å². The summed E-state index contributed by atoms with van der Waals surface area (Å²) in [4.78, 5) is 14.3. The lowest BCUT2D eigenvalue weighted by molar-refractivity contribution is 0.0383. The summed E-state index contributed by atoms with van der Waals surface area (Å²) in [7, 11) is 0. The van der Waals surface area contributed by atoms with Crippen LogP contribution >= 0.6 is 11.6 Å². The molecule has 1 saturated heterocycles. The van der Waals surface area contributed by atoms with Gasteiger partial charge in [0, 0.05) is 26.2 Å². The fourth-order valence-corrected chi connectivity index (χ4v) is 2.26. The number of nitrogens with zero attached hydrogens (tertiary/aromatic N) is 1. The maximum Gasteiger partial charge on any atom is 0.252 e. The van der Waals surface area contributed by atoms with Crippen LogP contribution in [0.4, 0.5) is 0 Å². The molecule has 104 valence electrons. The van der Waals surface area contributed by atoms with Crippen LogP contribution in [0.5, 0.6) is 0 Å². The van der Waals surface area contributed by atoms with Crippen LogP contribution in [0.15, 0.2) is 18.2 Å². The van der Waals surface area contributed by atoms with Crippen molar-refractivity contribution in [1.82, 2.24) is 10.2 Å². The molecule has 19 heavy (non-hydrogen) atoms. The average Bonchev–Trinajstić information content (AvgIpc) is 2.42. The van der Waals surface area contributed by atoms with Gasteiger partial charge in [0.2, 0.25) is 0 Å². The molecule has 0 aliphatic carbocycles. The van der Waals surface area contributed by atoms with Crippen LogP contribution in [-0.4, -0.2) is 50.2 Å². The first kappa shape index (κ1) is 14.3. The molecule has 0 radical (unpaired) electrons. The van der Waals surface area contributed by atoms with Crippen molar-refractivity contribution < 1.29 is 9.53 Å². The summed E-state index contributed by atoms with van der Waals surface area (Å²) in [6.45, 7) is 6.83. The normalized spacial score (nSPS) is 16.3. The average molecular weight is 283 g/mol. The minimum atomic E-state index is -0.109. The Morgan fingerprint density at radius 1 is 1.42 bits per heavy atom. The van der Waals surface area contributed by atoms with Crippen molar-refractivity contribution >= 4 is 17.5 Å². The molecule has 1 aliphatic rings. The summed E-state index contributed by atoms with van der Waals surface area (Å²) in [5.74, 6) is -0.109. The number of aryl methyl sites for hydroxylation is 1. The van der Waals surface area contributed by atoms with E-state index in [0.717, 1.165) is 38.4 Å². The second-order valence-corrected chi connectivity index (χ2v) is 5.10. The number of benzene rings is 1. The van der Waals surface area contributed by atoms with E-state index in [9.17, 15) is 4.79 Å². The second kappa shape index (κ2) is 6.89. The Bertz CT molecular complexity index is 445. The number of hydrogen-bond donors (Lipinski definition) is 1. The van der Waals surface area contributed by atoms with Gasteiger partial charge >= 0.3 is 0 Å². The van der Waals surface area contributed by atoms with Gasteiger partial charge in [0.1, 0.15) is 0 Å². The zero-order chi connectivity index (χ0) is 13.7. The van der Waals surface area contributed by atoms with Gasteiger partial charge in [-0.15, -0.1) is 0 Å². The first-order chi connectivity index (χ1) is 9.16. The Balaban J connectivity index is 1.82. The third-order valence-corrected chi connectivity index (χ3v) is 3.51. The van der Waals surface area contributed by atoms with Gasteiger partial charge < -0.3 is 10.1 Å². The predicted octanol–water partition coefficient (Wildman–Crippen LogP) is 1.71. The minimum Gasteiger partial charge on any atom is -0.379 e. The van der Waals surface area contributed by atoms with Crippen LogP contribution < -0.4 is 5.32 Å². The van der Waals surface area contributed by atoms with Crippen molar-refractivity contribution in [1.29, 1.82) is 0 Å². The molecular formula is C14H19ClN2O2. The van der Waals surface area contributed by atoms with Gasteiger partial charge in [0.05, 0.1) is 23.8 Å². The van der Waals surface area contributed by atoms with Crippen LogP contribution in [0, 0.1) is 6.92 Å². The summed E-state index contributed by atoms with van der Waals surface area (Å²) < 4.78 is 5.28. The van der Waals surface area contributed by atoms with Gasteiger partial charge in [0.15, 0.2) is 0 Å². The first-order valence-corrected chi connectivity index (χ1v) is 6.89. The van der Waals surface area contributed by atoms with Crippen LogP contribution in [0.1, 0.15) is 15.9 Å². The molecule has 0 spiro atoms. The van der Waals surface area contributed by atoms with E-state index >= 15 is 0 Å². The maximum absolute atomic E-state index is 12.0. The van der Waals surface area contributed by atoms with Crippen molar-refractivity contribution in [2.75, 3.05) is 39.4 Å². The van der Waals surface area contributed by atoms with Crippen molar-refractivity contribution in [3.63, 3.8) is 0 Å².